The summed E-state index contributed by atoms with van der Waals surface area (Å²) in [5.41, 5.74) is 0. The van der Waals surface area contributed by atoms with E-state index in [9.17, 15) is 0 Å². The minimum Gasteiger partial charge on any atom is -0.314 e. The van der Waals surface area contributed by atoms with Crippen LogP contribution in [0.25, 0.3) is 0 Å². The fraction of sp³-hybridized carbons (Fsp3) is 1.00. The summed E-state index contributed by atoms with van der Waals surface area (Å²) in [5.74, 6) is 2.69. The molecule has 2 nitrogen and oxygen atoms in total. The molecule has 0 radical (unpaired) electrons. The van der Waals surface area contributed by atoms with E-state index in [1.807, 2.05) is 0 Å². The highest BCUT2D eigenvalue weighted by molar-refractivity contribution is 7.99. The minimum absolute atomic E-state index is 0.849. The van der Waals surface area contributed by atoms with E-state index in [1.165, 1.54) is 69.8 Å². The first kappa shape index (κ1) is 11.7. The van der Waals surface area contributed by atoms with Gasteiger partial charge >= 0.3 is 0 Å². The predicted octanol–water partition coefficient (Wildman–Crippen LogP) is 1.96. The Kier molecular flexibility index (Phi) is 5.30. The van der Waals surface area contributed by atoms with Gasteiger partial charge in [0.15, 0.2) is 0 Å². The Labute approximate surface area is 98.2 Å². The molecule has 1 aliphatic heterocycles. The standard InChI is InChI=1S/C12H24N2S/c1-2-5-12(4-1)13-6-3-7-14-8-10-15-11-9-14/h12-13H,1-11H2. The SMILES string of the molecule is C1CCC(NCCCN2CCSCC2)C1. The van der Waals surface area contributed by atoms with Crippen molar-refractivity contribution in [3.05, 3.63) is 0 Å². The van der Waals surface area contributed by atoms with Crippen molar-refractivity contribution >= 4 is 11.8 Å². The highest BCUT2D eigenvalue weighted by Gasteiger charge is 2.14. The number of nitrogens with one attached hydrogen (secondary N) is 1. The van der Waals surface area contributed by atoms with E-state index in [4.69, 9.17) is 0 Å². The quantitative estimate of drug-likeness (QED) is 0.724. The third-order valence-corrected chi connectivity index (χ3v) is 4.49. The molecule has 0 bridgehead atoms. The van der Waals surface area contributed by atoms with Crippen molar-refractivity contribution in [2.45, 2.75) is 38.1 Å². The number of nitrogens with zero attached hydrogens (tertiary/aromatic N) is 1. The maximum absolute atomic E-state index is 3.69. The van der Waals surface area contributed by atoms with Crippen molar-refractivity contribution in [3.63, 3.8) is 0 Å². The molecular formula is C12H24N2S. The normalized spacial score (nSPS) is 24.8. The molecule has 2 rings (SSSR count). The van der Waals surface area contributed by atoms with Crippen LogP contribution in [0, 0.1) is 0 Å². The van der Waals surface area contributed by atoms with Crippen molar-refractivity contribution < 1.29 is 0 Å². The Hall–Kier alpha value is 0.270. The minimum atomic E-state index is 0.849. The maximum atomic E-state index is 3.69. The van der Waals surface area contributed by atoms with Crippen LogP contribution in [0.5, 0.6) is 0 Å². The molecule has 2 aliphatic rings. The zero-order valence-corrected chi connectivity index (χ0v) is 10.5. The van der Waals surface area contributed by atoms with Crippen LogP contribution in [0.1, 0.15) is 32.1 Å². The van der Waals surface area contributed by atoms with Crippen molar-refractivity contribution in [1.29, 1.82) is 0 Å². The zero-order valence-electron chi connectivity index (χ0n) is 9.71. The second-order valence-corrected chi connectivity index (χ2v) is 5.97. The number of hydrogen-bond donors (Lipinski definition) is 1. The molecule has 1 aliphatic carbocycles. The summed E-state index contributed by atoms with van der Waals surface area (Å²) in [6.45, 7) is 5.16. The lowest BCUT2D eigenvalue weighted by atomic mass is 10.2. The Bertz CT molecular complexity index is 163. The summed E-state index contributed by atoms with van der Waals surface area (Å²) in [5, 5.41) is 3.69. The molecule has 0 spiro atoms. The number of rotatable bonds is 5. The molecule has 1 saturated carbocycles. The summed E-state index contributed by atoms with van der Waals surface area (Å²) >= 11 is 2.10. The molecule has 88 valence electrons. The van der Waals surface area contributed by atoms with Crippen molar-refractivity contribution in [3.8, 4) is 0 Å². The van der Waals surface area contributed by atoms with Crippen LogP contribution < -0.4 is 5.32 Å². The van der Waals surface area contributed by atoms with Gasteiger partial charge in [0.2, 0.25) is 0 Å². The summed E-state index contributed by atoms with van der Waals surface area (Å²) in [6, 6.07) is 0.849. The van der Waals surface area contributed by atoms with Crippen molar-refractivity contribution in [1.82, 2.24) is 10.2 Å². The van der Waals surface area contributed by atoms with E-state index in [-0.39, 0.29) is 0 Å². The average molecular weight is 228 g/mol. The average Bonchev–Trinajstić information content (AvgIpc) is 2.79. The molecule has 0 atom stereocenters. The third-order valence-electron chi connectivity index (χ3n) is 3.54. The van der Waals surface area contributed by atoms with Gasteiger partial charge in [-0.1, -0.05) is 12.8 Å². The van der Waals surface area contributed by atoms with Crippen LogP contribution in [0.15, 0.2) is 0 Å². The second kappa shape index (κ2) is 6.77. The van der Waals surface area contributed by atoms with Gasteiger partial charge in [-0.2, -0.15) is 11.8 Å². The molecule has 15 heavy (non-hydrogen) atoms. The molecule has 0 aromatic carbocycles. The fourth-order valence-electron chi connectivity index (χ4n) is 2.56. The first-order valence-electron chi connectivity index (χ1n) is 6.48. The number of thioether (sulfide) groups is 1. The first-order chi connectivity index (χ1) is 7.45. The molecule has 1 saturated heterocycles. The summed E-state index contributed by atoms with van der Waals surface area (Å²) in [4.78, 5) is 2.62. The fourth-order valence-corrected chi connectivity index (χ4v) is 3.54. The lowest BCUT2D eigenvalue weighted by Crippen LogP contribution is -2.35. The first-order valence-corrected chi connectivity index (χ1v) is 7.64. The van der Waals surface area contributed by atoms with Gasteiger partial charge in [-0.3, -0.25) is 0 Å². The molecular weight excluding hydrogens is 204 g/mol. The lowest BCUT2D eigenvalue weighted by molar-refractivity contribution is 0.294. The van der Waals surface area contributed by atoms with Crippen LogP contribution in [0.4, 0.5) is 0 Å². The summed E-state index contributed by atoms with van der Waals surface area (Å²) < 4.78 is 0. The molecule has 0 aromatic heterocycles. The van der Waals surface area contributed by atoms with E-state index < -0.39 is 0 Å². The van der Waals surface area contributed by atoms with Gasteiger partial charge in [0, 0.05) is 30.6 Å². The highest BCUT2D eigenvalue weighted by Crippen LogP contribution is 2.17. The van der Waals surface area contributed by atoms with E-state index >= 15 is 0 Å². The Balaban J connectivity index is 1.47. The van der Waals surface area contributed by atoms with Crippen LogP contribution in [0.2, 0.25) is 0 Å². The summed E-state index contributed by atoms with van der Waals surface area (Å²) in [6.07, 6.45) is 7.06. The monoisotopic (exact) mass is 228 g/mol. The molecule has 0 amide bonds. The largest absolute Gasteiger partial charge is 0.314 e. The maximum Gasteiger partial charge on any atom is 0.00727 e. The van der Waals surface area contributed by atoms with Crippen LogP contribution in [-0.2, 0) is 0 Å². The van der Waals surface area contributed by atoms with Gasteiger partial charge in [-0.15, -0.1) is 0 Å². The summed E-state index contributed by atoms with van der Waals surface area (Å²) in [7, 11) is 0. The number of hydrogen-bond acceptors (Lipinski definition) is 3. The third kappa shape index (κ3) is 4.33. The van der Waals surface area contributed by atoms with E-state index in [1.54, 1.807) is 0 Å². The molecule has 2 fully saturated rings. The van der Waals surface area contributed by atoms with E-state index in [0.717, 1.165) is 6.04 Å². The van der Waals surface area contributed by atoms with Gasteiger partial charge in [-0.25, -0.2) is 0 Å². The molecule has 3 heteroatoms. The Morgan fingerprint density at radius 2 is 1.87 bits per heavy atom. The van der Waals surface area contributed by atoms with Crippen LogP contribution in [0.3, 0.4) is 0 Å². The Morgan fingerprint density at radius 3 is 2.60 bits per heavy atom. The molecule has 1 heterocycles. The zero-order chi connectivity index (χ0) is 10.3. The molecule has 1 N–H and O–H groups in total. The van der Waals surface area contributed by atoms with Crippen LogP contribution in [-0.4, -0.2) is 48.6 Å². The smallest absolute Gasteiger partial charge is 0.00727 e. The lowest BCUT2D eigenvalue weighted by Gasteiger charge is -2.26. The van der Waals surface area contributed by atoms with E-state index in [0.29, 0.717) is 0 Å². The Morgan fingerprint density at radius 1 is 1.13 bits per heavy atom. The topological polar surface area (TPSA) is 15.3 Å². The molecule has 0 unspecified atom stereocenters. The van der Waals surface area contributed by atoms with Crippen LogP contribution >= 0.6 is 11.8 Å². The highest BCUT2D eigenvalue weighted by atomic mass is 32.2. The van der Waals surface area contributed by atoms with Gasteiger partial charge < -0.3 is 10.2 Å². The van der Waals surface area contributed by atoms with E-state index in [2.05, 4.69) is 22.0 Å². The van der Waals surface area contributed by atoms with Crippen molar-refractivity contribution in [2.24, 2.45) is 0 Å². The predicted molar refractivity (Wildman–Crippen MR) is 68.6 cm³/mol. The second-order valence-electron chi connectivity index (χ2n) is 4.74. The molecule has 0 aromatic rings. The van der Waals surface area contributed by atoms with Crippen molar-refractivity contribution in [2.75, 3.05) is 37.7 Å². The van der Waals surface area contributed by atoms with Gasteiger partial charge in [0.1, 0.15) is 0 Å². The van der Waals surface area contributed by atoms with Gasteiger partial charge in [0.05, 0.1) is 0 Å². The van der Waals surface area contributed by atoms with Gasteiger partial charge in [-0.05, 0) is 32.4 Å². The van der Waals surface area contributed by atoms with Gasteiger partial charge in [0.25, 0.3) is 0 Å².